The van der Waals surface area contributed by atoms with Gasteiger partial charge in [-0.15, -0.1) is 0 Å². The van der Waals surface area contributed by atoms with E-state index in [0.717, 1.165) is 10.0 Å². The van der Waals surface area contributed by atoms with E-state index in [4.69, 9.17) is 9.47 Å². The van der Waals surface area contributed by atoms with Crippen molar-refractivity contribution in [3.63, 3.8) is 0 Å². The third-order valence-electron chi connectivity index (χ3n) is 5.51. The molecule has 1 saturated heterocycles. The smallest absolute Gasteiger partial charge is 0.253 e. The molecule has 3 rings (SSSR count). The number of hydrogen-bond donors (Lipinski definition) is 1. The van der Waals surface area contributed by atoms with Gasteiger partial charge in [0.15, 0.2) is 0 Å². The van der Waals surface area contributed by atoms with Gasteiger partial charge in [-0.05, 0) is 62.2 Å². The molecule has 0 unspecified atom stereocenters. The Kier molecular flexibility index (Phi) is 7.37. The quantitative estimate of drug-likeness (QED) is 0.681. The second-order valence-electron chi connectivity index (χ2n) is 7.41. The van der Waals surface area contributed by atoms with E-state index in [0.29, 0.717) is 43.0 Å². The second kappa shape index (κ2) is 9.98. The van der Waals surface area contributed by atoms with Gasteiger partial charge in [0.25, 0.3) is 5.91 Å². The number of nitrogens with one attached hydrogen (secondary N) is 1. The molecule has 0 aromatic heterocycles. The van der Waals surface area contributed by atoms with Crippen molar-refractivity contribution in [2.75, 3.05) is 27.3 Å². The molecule has 0 saturated carbocycles. The molecule has 2 aromatic rings. The standard InChI is InChI=1S/C23H27BrN2O4/c1-15(20-14-19(29-2)8-9-21(20)30-3)25-22(27)16-10-12-26(13-11-16)23(28)17-4-6-18(24)7-5-17/h4-9,14-16H,10-13H2,1-3H3,(H,25,27)/t15-/m1/s1. The summed E-state index contributed by atoms with van der Waals surface area (Å²) < 4.78 is 11.7. The Morgan fingerprint density at radius 1 is 1.07 bits per heavy atom. The Bertz CT molecular complexity index is 893. The number of likely N-dealkylation sites (tertiary alicyclic amines) is 1. The molecule has 1 aliphatic rings. The highest BCUT2D eigenvalue weighted by molar-refractivity contribution is 9.10. The van der Waals surface area contributed by atoms with Gasteiger partial charge in [0.2, 0.25) is 5.91 Å². The Hall–Kier alpha value is -2.54. The summed E-state index contributed by atoms with van der Waals surface area (Å²) in [5.74, 6) is 1.32. The van der Waals surface area contributed by atoms with Crippen LogP contribution in [0.15, 0.2) is 46.9 Å². The Morgan fingerprint density at radius 3 is 2.33 bits per heavy atom. The number of methoxy groups -OCH3 is 2. The van der Waals surface area contributed by atoms with Crippen LogP contribution in [0.4, 0.5) is 0 Å². The predicted molar refractivity (Wildman–Crippen MR) is 119 cm³/mol. The third kappa shape index (κ3) is 5.14. The predicted octanol–water partition coefficient (Wildman–Crippen LogP) is 4.20. The first kappa shape index (κ1) is 22.2. The zero-order valence-electron chi connectivity index (χ0n) is 17.5. The minimum atomic E-state index is -0.218. The summed E-state index contributed by atoms with van der Waals surface area (Å²) in [6.45, 7) is 3.08. The molecular weight excluding hydrogens is 448 g/mol. The maximum Gasteiger partial charge on any atom is 0.253 e. The topological polar surface area (TPSA) is 67.9 Å². The normalized spacial score (nSPS) is 15.4. The second-order valence-corrected chi connectivity index (χ2v) is 8.33. The summed E-state index contributed by atoms with van der Waals surface area (Å²) in [4.78, 5) is 27.3. The summed E-state index contributed by atoms with van der Waals surface area (Å²) in [6.07, 6.45) is 1.30. The average molecular weight is 475 g/mol. The van der Waals surface area contributed by atoms with Gasteiger partial charge in [-0.1, -0.05) is 15.9 Å². The molecular formula is C23H27BrN2O4. The van der Waals surface area contributed by atoms with Gasteiger partial charge in [-0.25, -0.2) is 0 Å². The molecule has 2 amide bonds. The van der Waals surface area contributed by atoms with Gasteiger partial charge in [0.1, 0.15) is 11.5 Å². The van der Waals surface area contributed by atoms with Crippen LogP contribution in [0.5, 0.6) is 11.5 Å². The van der Waals surface area contributed by atoms with Crippen LogP contribution in [-0.2, 0) is 4.79 Å². The minimum Gasteiger partial charge on any atom is -0.497 e. The SMILES string of the molecule is COc1ccc(OC)c([C@@H](C)NC(=O)C2CCN(C(=O)c3ccc(Br)cc3)CC2)c1. The number of halogens is 1. The van der Waals surface area contributed by atoms with Crippen LogP contribution in [0, 0.1) is 5.92 Å². The molecule has 6 nitrogen and oxygen atoms in total. The zero-order chi connectivity index (χ0) is 21.7. The number of carbonyl (C=O) groups excluding carboxylic acids is 2. The molecule has 0 spiro atoms. The zero-order valence-corrected chi connectivity index (χ0v) is 19.1. The first-order valence-electron chi connectivity index (χ1n) is 10.00. The highest BCUT2D eigenvalue weighted by Crippen LogP contribution is 2.30. The van der Waals surface area contributed by atoms with Gasteiger partial charge in [-0.2, -0.15) is 0 Å². The summed E-state index contributed by atoms with van der Waals surface area (Å²) in [5.41, 5.74) is 1.54. The number of benzene rings is 2. The van der Waals surface area contributed by atoms with Crippen molar-refractivity contribution in [3.8, 4) is 11.5 Å². The maximum absolute atomic E-state index is 12.8. The molecule has 1 fully saturated rings. The van der Waals surface area contributed by atoms with Crippen LogP contribution in [0.25, 0.3) is 0 Å². The maximum atomic E-state index is 12.8. The van der Waals surface area contributed by atoms with E-state index in [9.17, 15) is 9.59 Å². The number of piperidine rings is 1. The first-order valence-corrected chi connectivity index (χ1v) is 10.8. The number of carbonyl (C=O) groups is 2. The van der Waals surface area contributed by atoms with Gasteiger partial charge in [0.05, 0.1) is 20.3 Å². The average Bonchev–Trinajstić information content (AvgIpc) is 2.78. The molecule has 7 heteroatoms. The Labute approximate surface area is 185 Å². The molecule has 0 aliphatic carbocycles. The van der Waals surface area contributed by atoms with E-state index in [1.54, 1.807) is 14.2 Å². The van der Waals surface area contributed by atoms with E-state index in [1.807, 2.05) is 54.3 Å². The fourth-order valence-electron chi connectivity index (χ4n) is 3.71. The lowest BCUT2D eigenvalue weighted by molar-refractivity contribution is -0.127. The molecule has 0 bridgehead atoms. The third-order valence-corrected chi connectivity index (χ3v) is 6.03. The molecule has 30 heavy (non-hydrogen) atoms. The summed E-state index contributed by atoms with van der Waals surface area (Å²) in [6, 6.07) is 12.7. The van der Waals surface area contributed by atoms with Crippen LogP contribution in [0.2, 0.25) is 0 Å². The largest absolute Gasteiger partial charge is 0.497 e. The van der Waals surface area contributed by atoms with E-state index >= 15 is 0 Å². The van der Waals surface area contributed by atoms with Crippen molar-refractivity contribution >= 4 is 27.7 Å². The van der Waals surface area contributed by atoms with Gasteiger partial charge >= 0.3 is 0 Å². The lowest BCUT2D eigenvalue weighted by atomic mass is 9.94. The van der Waals surface area contributed by atoms with E-state index in [-0.39, 0.29) is 23.8 Å². The lowest BCUT2D eigenvalue weighted by Gasteiger charge is -2.32. The Balaban J connectivity index is 1.58. The van der Waals surface area contributed by atoms with Crippen molar-refractivity contribution in [1.82, 2.24) is 10.2 Å². The van der Waals surface area contributed by atoms with Crippen molar-refractivity contribution in [1.29, 1.82) is 0 Å². The molecule has 1 aliphatic heterocycles. The van der Waals surface area contributed by atoms with E-state index in [2.05, 4.69) is 21.2 Å². The lowest BCUT2D eigenvalue weighted by Crippen LogP contribution is -2.43. The van der Waals surface area contributed by atoms with E-state index < -0.39 is 0 Å². The first-order chi connectivity index (χ1) is 14.4. The highest BCUT2D eigenvalue weighted by Gasteiger charge is 2.29. The number of nitrogens with zero attached hydrogens (tertiary/aromatic N) is 1. The summed E-state index contributed by atoms with van der Waals surface area (Å²) >= 11 is 3.38. The van der Waals surface area contributed by atoms with Crippen molar-refractivity contribution in [3.05, 3.63) is 58.1 Å². The van der Waals surface area contributed by atoms with Crippen LogP contribution < -0.4 is 14.8 Å². The minimum absolute atomic E-state index is 0.00288. The van der Waals surface area contributed by atoms with Gasteiger partial charge in [0, 0.05) is 34.6 Å². The number of ether oxygens (including phenoxy) is 2. The van der Waals surface area contributed by atoms with Gasteiger partial charge in [-0.3, -0.25) is 9.59 Å². The van der Waals surface area contributed by atoms with Crippen molar-refractivity contribution in [2.45, 2.75) is 25.8 Å². The van der Waals surface area contributed by atoms with E-state index in [1.165, 1.54) is 0 Å². The Morgan fingerprint density at radius 2 is 1.73 bits per heavy atom. The van der Waals surface area contributed by atoms with Gasteiger partial charge < -0.3 is 19.7 Å². The molecule has 1 heterocycles. The fourth-order valence-corrected chi connectivity index (χ4v) is 3.97. The molecule has 1 atom stereocenters. The van der Waals surface area contributed by atoms with Crippen LogP contribution >= 0.6 is 15.9 Å². The van der Waals surface area contributed by atoms with Crippen LogP contribution in [0.1, 0.15) is 41.7 Å². The number of hydrogen-bond acceptors (Lipinski definition) is 4. The van der Waals surface area contributed by atoms with Crippen molar-refractivity contribution in [2.24, 2.45) is 5.92 Å². The van der Waals surface area contributed by atoms with Crippen LogP contribution in [0.3, 0.4) is 0 Å². The summed E-state index contributed by atoms with van der Waals surface area (Å²) in [5, 5.41) is 3.09. The number of rotatable bonds is 6. The van der Waals surface area contributed by atoms with Crippen molar-refractivity contribution < 1.29 is 19.1 Å². The fraction of sp³-hybridized carbons (Fsp3) is 0.391. The molecule has 2 aromatic carbocycles. The van der Waals surface area contributed by atoms with Crippen LogP contribution in [-0.4, -0.2) is 44.0 Å². The molecule has 160 valence electrons. The molecule has 1 N–H and O–H groups in total. The monoisotopic (exact) mass is 474 g/mol. The number of amides is 2. The molecule has 0 radical (unpaired) electrons. The summed E-state index contributed by atoms with van der Waals surface area (Å²) in [7, 11) is 3.22. The highest BCUT2D eigenvalue weighted by atomic mass is 79.9.